The van der Waals surface area contributed by atoms with Crippen LogP contribution in [-0.4, -0.2) is 23.6 Å². The number of anilines is 1. The molecule has 0 aromatic carbocycles. The summed E-state index contributed by atoms with van der Waals surface area (Å²) in [5.74, 6) is 0. The van der Waals surface area contributed by atoms with Gasteiger partial charge in [0.25, 0.3) is 10.0 Å². The van der Waals surface area contributed by atoms with Crippen LogP contribution in [0.25, 0.3) is 0 Å². The molecule has 2 aromatic heterocycles. The molecule has 0 fully saturated rings. The molecule has 116 valence electrons. The minimum Gasteiger partial charge on any atom is -0.326 e. The van der Waals surface area contributed by atoms with Gasteiger partial charge in [0, 0.05) is 28.6 Å². The maximum atomic E-state index is 12.4. The van der Waals surface area contributed by atoms with Crippen molar-refractivity contribution < 1.29 is 8.42 Å². The SMILES string of the molecule is Cc1[nH]nc(S(=O)(=O)Nc2nc(C(C)(C)C)cs2)c1CN. The van der Waals surface area contributed by atoms with Gasteiger partial charge in [-0.15, -0.1) is 11.3 Å². The summed E-state index contributed by atoms with van der Waals surface area (Å²) in [5, 5.41) is 8.57. The first-order valence-corrected chi connectivity index (χ1v) is 8.74. The zero-order valence-electron chi connectivity index (χ0n) is 12.4. The number of aromatic nitrogens is 3. The van der Waals surface area contributed by atoms with E-state index in [0.717, 1.165) is 5.69 Å². The van der Waals surface area contributed by atoms with Crippen LogP contribution in [0.2, 0.25) is 0 Å². The van der Waals surface area contributed by atoms with E-state index < -0.39 is 10.0 Å². The van der Waals surface area contributed by atoms with Gasteiger partial charge in [-0.25, -0.2) is 4.98 Å². The van der Waals surface area contributed by atoms with Crippen molar-refractivity contribution in [1.82, 2.24) is 15.2 Å². The second-order valence-electron chi connectivity index (χ2n) is 5.73. The van der Waals surface area contributed by atoms with Crippen LogP contribution in [-0.2, 0) is 22.0 Å². The van der Waals surface area contributed by atoms with E-state index in [0.29, 0.717) is 16.4 Å². The van der Waals surface area contributed by atoms with Crippen LogP contribution in [0, 0.1) is 6.92 Å². The third-order valence-corrected chi connectivity index (χ3v) is 5.18. The molecule has 0 radical (unpaired) electrons. The topological polar surface area (TPSA) is 114 Å². The van der Waals surface area contributed by atoms with Crippen LogP contribution < -0.4 is 10.5 Å². The Kier molecular flexibility index (Phi) is 4.09. The molecule has 4 N–H and O–H groups in total. The van der Waals surface area contributed by atoms with Crippen LogP contribution >= 0.6 is 11.3 Å². The number of nitrogens with zero attached hydrogens (tertiary/aromatic N) is 2. The molecule has 0 saturated heterocycles. The van der Waals surface area contributed by atoms with Crippen molar-refractivity contribution in [2.24, 2.45) is 5.73 Å². The van der Waals surface area contributed by atoms with Crippen LogP contribution in [0.4, 0.5) is 5.13 Å². The first-order chi connectivity index (χ1) is 9.65. The van der Waals surface area contributed by atoms with Crippen LogP contribution in [0.1, 0.15) is 37.7 Å². The lowest BCUT2D eigenvalue weighted by atomic mass is 9.93. The molecule has 0 amide bonds. The highest BCUT2D eigenvalue weighted by Crippen LogP contribution is 2.28. The molecule has 0 spiro atoms. The zero-order valence-corrected chi connectivity index (χ0v) is 14.0. The Morgan fingerprint density at radius 2 is 2.10 bits per heavy atom. The average molecular weight is 329 g/mol. The Morgan fingerprint density at radius 3 is 2.62 bits per heavy atom. The van der Waals surface area contributed by atoms with E-state index >= 15 is 0 Å². The standard InChI is InChI=1S/C12H19N5O2S2/c1-7-8(5-13)10(16-15-7)21(18,19)17-11-14-9(6-20-11)12(2,3)4/h6H,5,13H2,1-4H3,(H,14,17)(H,15,16). The minimum absolute atomic E-state index is 0.0741. The molecule has 0 bridgehead atoms. The Bertz CT molecular complexity index is 740. The van der Waals surface area contributed by atoms with Gasteiger partial charge in [0.05, 0.1) is 5.69 Å². The molecule has 0 aliphatic carbocycles. The number of hydrogen-bond acceptors (Lipinski definition) is 6. The van der Waals surface area contributed by atoms with Crippen LogP contribution in [0.15, 0.2) is 10.4 Å². The highest BCUT2D eigenvalue weighted by atomic mass is 32.2. The Morgan fingerprint density at radius 1 is 1.43 bits per heavy atom. The van der Waals surface area contributed by atoms with Gasteiger partial charge in [0.15, 0.2) is 5.13 Å². The van der Waals surface area contributed by atoms with Gasteiger partial charge in [-0.1, -0.05) is 20.8 Å². The summed E-state index contributed by atoms with van der Waals surface area (Å²) in [6.45, 7) is 7.89. The first-order valence-electron chi connectivity index (χ1n) is 6.38. The van der Waals surface area contributed by atoms with Crippen molar-refractivity contribution in [1.29, 1.82) is 0 Å². The fourth-order valence-corrected chi connectivity index (χ4v) is 4.12. The second-order valence-corrected chi connectivity index (χ2v) is 8.19. The Labute approximate surface area is 128 Å². The second kappa shape index (κ2) is 5.39. The molecule has 2 aromatic rings. The van der Waals surface area contributed by atoms with Crippen molar-refractivity contribution in [2.45, 2.75) is 44.7 Å². The lowest BCUT2D eigenvalue weighted by molar-refractivity contribution is 0.573. The quantitative estimate of drug-likeness (QED) is 0.790. The molecule has 0 atom stereocenters. The molecule has 0 aliphatic heterocycles. The van der Waals surface area contributed by atoms with Gasteiger partial charge in [0.2, 0.25) is 5.03 Å². The molecule has 2 rings (SSSR count). The van der Waals surface area contributed by atoms with E-state index in [9.17, 15) is 8.42 Å². The Hall–Kier alpha value is -1.45. The van der Waals surface area contributed by atoms with Crippen LogP contribution in [0.5, 0.6) is 0 Å². The fraction of sp³-hybridized carbons (Fsp3) is 0.500. The van der Waals surface area contributed by atoms with Gasteiger partial charge in [-0.05, 0) is 6.92 Å². The van der Waals surface area contributed by atoms with Gasteiger partial charge < -0.3 is 5.73 Å². The molecule has 0 saturated carbocycles. The molecule has 0 unspecified atom stereocenters. The van der Waals surface area contributed by atoms with Gasteiger partial charge in [0.1, 0.15) is 0 Å². The van der Waals surface area contributed by atoms with Gasteiger partial charge >= 0.3 is 0 Å². The average Bonchev–Trinajstić information content (AvgIpc) is 2.94. The predicted molar refractivity (Wildman–Crippen MR) is 82.8 cm³/mol. The number of thiazole rings is 1. The summed E-state index contributed by atoms with van der Waals surface area (Å²) in [4.78, 5) is 4.31. The van der Waals surface area contributed by atoms with E-state index in [1.54, 1.807) is 6.92 Å². The highest BCUT2D eigenvalue weighted by Gasteiger charge is 2.25. The summed E-state index contributed by atoms with van der Waals surface area (Å²) in [6.07, 6.45) is 0. The summed E-state index contributed by atoms with van der Waals surface area (Å²) >= 11 is 1.25. The summed E-state index contributed by atoms with van der Waals surface area (Å²) < 4.78 is 27.2. The molecule has 9 heteroatoms. The maximum absolute atomic E-state index is 12.4. The maximum Gasteiger partial charge on any atom is 0.283 e. The van der Waals surface area contributed by atoms with Crippen molar-refractivity contribution in [3.8, 4) is 0 Å². The lowest BCUT2D eigenvalue weighted by Crippen LogP contribution is -2.17. The first kappa shape index (κ1) is 15.9. The zero-order chi connectivity index (χ0) is 15.8. The van der Waals surface area contributed by atoms with Crippen molar-refractivity contribution in [3.05, 3.63) is 22.3 Å². The number of rotatable bonds is 4. The normalized spacial score (nSPS) is 12.6. The van der Waals surface area contributed by atoms with E-state index in [-0.39, 0.29) is 17.0 Å². The smallest absolute Gasteiger partial charge is 0.283 e. The molecule has 0 aliphatic rings. The third-order valence-electron chi connectivity index (χ3n) is 2.99. The molecule has 7 nitrogen and oxygen atoms in total. The molecule has 2 heterocycles. The third kappa shape index (κ3) is 3.25. The Balaban J connectivity index is 2.31. The number of aromatic amines is 1. The largest absolute Gasteiger partial charge is 0.326 e. The number of sulfonamides is 1. The van der Waals surface area contributed by atoms with Gasteiger partial charge in [-0.2, -0.15) is 13.5 Å². The summed E-state index contributed by atoms with van der Waals surface area (Å²) in [5.41, 5.74) is 7.41. The molecule has 21 heavy (non-hydrogen) atoms. The number of hydrogen-bond donors (Lipinski definition) is 3. The molecular formula is C12H19N5O2S2. The molecular weight excluding hydrogens is 310 g/mol. The van der Waals surface area contributed by atoms with E-state index in [4.69, 9.17) is 5.73 Å². The summed E-state index contributed by atoms with van der Waals surface area (Å²) in [6, 6.07) is 0. The van der Waals surface area contributed by atoms with Crippen LogP contribution in [0.3, 0.4) is 0 Å². The minimum atomic E-state index is -3.79. The number of aryl methyl sites for hydroxylation is 1. The number of H-pyrrole nitrogens is 1. The van der Waals surface area contributed by atoms with Gasteiger partial charge in [-0.3, -0.25) is 9.82 Å². The number of nitrogens with one attached hydrogen (secondary N) is 2. The van der Waals surface area contributed by atoms with Crippen molar-refractivity contribution in [3.63, 3.8) is 0 Å². The number of nitrogens with two attached hydrogens (primary N) is 1. The monoisotopic (exact) mass is 329 g/mol. The lowest BCUT2D eigenvalue weighted by Gasteiger charge is -2.14. The van der Waals surface area contributed by atoms with Crippen molar-refractivity contribution in [2.75, 3.05) is 4.72 Å². The summed E-state index contributed by atoms with van der Waals surface area (Å²) in [7, 11) is -3.79. The van der Waals surface area contributed by atoms with E-state index in [2.05, 4.69) is 19.9 Å². The van der Waals surface area contributed by atoms with E-state index in [1.807, 2.05) is 26.2 Å². The fourth-order valence-electron chi connectivity index (χ4n) is 1.72. The van der Waals surface area contributed by atoms with E-state index in [1.165, 1.54) is 11.3 Å². The highest BCUT2D eigenvalue weighted by molar-refractivity contribution is 7.92. The predicted octanol–water partition coefficient (Wildman–Crippen LogP) is 1.73. The van der Waals surface area contributed by atoms with Crippen molar-refractivity contribution >= 4 is 26.5 Å².